The molecule has 2 heteroatoms. The van der Waals surface area contributed by atoms with Gasteiger partial charge < -0.3 is 9.47 Å². The highest BCUT2D eigenvalue weighted by Crippen LogP contribution is 2.77. The molecule has 42 heavy (non-hydrogen) atoms. The van der Waals surface area contributed by atoms with Crippen LogP contribution in [-0.4, -0.2) is 17.8 Å². The number of allylic oxidation sites excluding steroid dienone is 2. The Balaban J connectivity index is 1.22. The van der Waals surface area contributed by atoms with Crippen molar-refractivity contribution in [3.8, 4) is 0 Å². The first-order chi connectivity index (χ1) is 19.6. The van der Waals surface area contributed by atoms with Crippen molar-refractivity contribution in [2.75, 3.05) is 0 Å². The normalized spacial score (nSPS) is 50.4. The maximum atomic E-state index is 6.94. The van der Waals surface area contributed by atoms with Crippen molar-refractivity contribution < 1.29 is 9.47 Å². The summed E-state index contributed by atoms with van der Waals surface area (Å²) < 4.78 is 13.7. The van der Waals surface area contributed by atoms with Gasteiger partial charge in [-0.1, -0.05) is 90.4 Å². The lowest BCUT2D eigenvalue weighted by Gasteiger charge is -2.71. The number of ether oxygens (including phenoxy) is 2. The van der Waals surface area contributed by atoms with Crippen LogP contribution in [0.5, 0.6) is 0 Å². The smallest absolute Gasteiger partial charge is 0.0720 e. The van der Waals surface area contributed by atoms with Crippen molar-refractivity contribution in [3.05, 3.63) is 47.5 Å². The van der Waals surface area contributed by atoms with Gasteiger partial charge in [0.05, 0.1) is 24.4 Å². The Morgan fingerprint density at radius 3 is 2.24 bits per heavy atom. The quantitative estimate of drug-likeness (QED) is 0.335. The van der Waals surface area contributed by atoms with Crippen LogP contribution in [0.1, 0.15) is 132 Å². The Morgan fingerprint density at radius 1 is 0.762 bits per heavy atom. The minimum Gasteiger partial charge on any atom is -0.373 e. The third-order valence-electron chi connectivity index (χ3n) is 15.4. The molecule has 2 unspecified atom stereocenters. The van der Waals surface area contributed by atoms with E-state index >= 15 is 0 Å². The van der Waals surface area contributed by atoms with Crippen LogP contribution in [-0.2, 0) is 16.1 Å². The number of hydrogen-bond donors (Lipinski definition) is 0. The largest absolute Gasteiger partial charge is 0.373 e. The lowest BCUT2D eigenvalue weighted by atomic mass is 9.33. The van der Waals surface area contributed by atoms with Gasteiger partial charge in [0.1, 0.15) is 0 Å². The second-order valence-corrected chi connectivity index (χ2v) is 18.8. The van der Waals surface area contributed by atoms with E-state index < -0.39 is 0 Å². The Kier molecular flexibility index (Phi) is 6.49. The molecule has 0 N–H and O–H groups in total. The van der Waals surface area contributed by atoms with Gasteiger partial charge in [-0.2, -0.15) is 0 Å². The highest BCUT2D eigenvalue weighted by atomic mass is 16.5. The molecule has 5 aliphatic carbocycles. The Hall–Kier alpha value is -1.12. The lowest BCUT2D eigenvalue weighted by Crippen LogP contribution is -2.65. The highest BCUT2D eigenvalue weighted by Gasteiger charge is 2.70. The average Bonchev–Trinajstić information content (AvgIpc) is 3.17. The van der Waals surface area contributed by atoms with Gasteiger partial charge >= 0.3 is 0 Å². The number of fused-ring (bicyclic) bond motifs is 9. The summed E-state index contributed by atoms with van der Waals surface area (Å²) in [6.07, 6.45) is 16.6. The van der Waals surface area contributed by atoms with Gasteiger partial charge in [0.2, 0.25) is 0 Å². The monoisotopic (exact) mass is 572 g/mol. The molecule has 7 rings (SSSR count). The van der Waals surface area contributed by atoms with Crippen LogP contribution >= 0.6 is 0 Å². The molecule has 6 aliphatic rings. The molecule has 0 spiro atoms. The molecule has 4 saturated carbocycles. The standard InChI is InChI=1S/C40H60O2/c1-34(2)23-29-28-15-16-31-37(6)19-18-32-38(7,26-35(3,4)42-32)30(37)17-20-40(31,9)39(28,8)22-21-36(29,5)33(24-34)41-25-27-13-11-10-12-14-27/h10-15,29-33H,16-26H2,1-9H3/t29-,30?,31-,32?,33-,36-,37+,38+,39-,40-/m1/s1. The average molecular weight is 573 g/mol. The second-order valence-electron chi connectivity index (χ2n) is 18.8. The van der Waals surface area contributed by atoms with Crippen LogP contribution in [0.2, 0.25) is 0 Å². The predicted octanol–water partition coefficient (Wildman–Crippen LogP) is 10.6. The molecule has 0 aromatic heterocycles. The molecule has 1 heterocycles. The van der Waals surface area contributed by atoms with Crippen LogP contribution in [0.15, 0.2) is 42.0 Å². The zero-order chi connectivity index (χ0) is 30.0. The fourth-order valence-corrected chi connectivity index (χ4v) is 13.2. The van der Waals surface area contributed by atoms with Crippen molar-refractivity contribution in [1.82, 2.24) is 0 Å². The first-order valence-corrected chi connectivity index (χ1v) is 17.6. The number of hydrogen-bond acceptors (Lipinski definition) is 2. The minimum atomic E-state index is 0.0256. The first kappa shape index (κ1) is 29.6. The number of rotatable bonds is 3. The maximum absolute atomic E-state index is 6.94. The summed E-state index contributed by atoms with van der Waals surface area (Å²) in [5, 5.41) is 0. The van der Waals surface area contributed by atoms with Crippen LogP contribution < -0.4 is 0 Å². The topological polar surface area (TPSA) is 18.5 Å². The zero-order valence-corrected chi connectivity index (χ0v) is 28.4. The van der Waals surface area contributed by atoms with Crippen molar-refractivity contribution in [2.24, 2.45) is 50.2 Å². The highest BCUT2D eigenvalue weighted by molar-refractivity contribution is 5.34. The summed E-state index contributed by atoms with van der Waals surface area (Å²) in [7, 11) is 0. The van der Waals surface area contributed by atoms with Gasteiger partial charge in [-0.15, -0.1) is 0 Å². The SMILES string of the molecule is CC1(C)C[C@@H]2C3=CC[C@@H]4[C@@]5(C)CCC6OC(C)(C)C[C@@]6(C)C5CC[C@@]4(C)[C@]3(C)CC[C@@]2(C)[C@H](OCc2ccccc2)C1. The Bertz CT molecular complexity index is 1250. The molecule has 1 saturated heterocycles. The summed E-state index contributed by atoms with van der Waals surface area (Å²) >= 11 is 0. The Morgan fingerprint density at radius 2 is 1.50 bits per heavy atom. The zero-order valence-electron chi connectivity index (χ0n) is 28.4. The molecule has 5 fully saturated rings. The van der Waals surface area contributed by atoms with Crippen molar-refractivity contribution in [2.45, 2.75) is 151 Å². The van der Waals surface area contributed by atoms with E-state index in [2.05, 4.69) is 98.7 Å². The molecule has 10 atom stereocenters. The van der Waals surface area contributed by atoms with Crippen molar-refractivity contribution >= 4 is 0 Å². The van der Waals surface area contributed by atoms with Gasteiger partial charge in [0.15, 0.2) is 0 Å². The van der Waals surface area contributed by atoms with E-state index in [1.54, 1.807) is 0 Å². The molecule has 232 valence electrons. The molecule has 0 amide bonds. The van der Waals surface area contributed by atoms with E-state index in [9.17, 15) is 0 Å². The molecule has 0 radical (unpaired) electrons. The summed E-state index contributed by atoms with van der Waals surface area (Å²) in [6, 6.07) is 10.8. The van der Waals surface area contributed by atoms with Gasteiger partial charge in [-0.05, 0) is 128 Å². The summed E-state index contributed by atoms with van der Waals surface area (Å²) in [5.41, 5.74) is 5.07. The van der Waals surface area contributed by atoms with E-state index in [4.69, 9.17) is 9.47 Å². The van der Waals surface area contributed by atoms with Gasteiger partial charge in [-0.3, -0.25) is 0 Å². The van der Waals surface area contributed by atoms with Crippen LogP contribution in [0, 0.1) is 50.2 Å². The summed E-state index contributed by atoms with van der Waals surface area (Å²) in [5.74, 6) is 2.17. The van der Waals surface area contributed by atoms with E-state index in [0.29, 0.717) is 39.8 Å². The lowest BCUT2D eigenvalue weighted by molar-refractivity contribution is -0.206. The second kappa shape index (κ2) is 9.22. The van der Waals surface area contributed by atoms with Crippen LogP contribution in [0.3, 0.4) is 0 Å². The molecule has 0 bridgehead atoms. The van der Waals surface area contributed by atoms with Gasteiger partial charge in [0, 0.05) is 5.41 Å². The fourth-order valence-electron chi connectivity index (χ4n) is 13.2. The van der Waals surface area contributed by atoms with Gasteiger partial charge in [0.25, 0.3) is 0 Å². The van der Waals surface area contributed by atoms with Crippen LogP contribution in [0.25, 0.3) is 0 Å². The first-order valence-electron chi connectivity index (χ1n) is 17.6. The maximum Gasteiger partial charge on any atom is 0.0720 e. The number of benzene rings is 1. The van der Waals surface area contributed by atoms with E-state index in [0.717, 1.165) is 18.4 Å². The van der Waals surface area contributed by atoms with E-state index in [-0.39, 0.29) is 16.4 Å². The predicted molar refractivity (Wildman–Crippen MR) is 173 cm³/mol. The van der Waals surface area contributed by atoms with Crippen molar-refractivity contribution in [1.29, 1.82) is 0 Å². The molecule has 2 nitrogen and oxygen atoms in total. The fraction of sp³-hybridized carbons (Fsp3) is 0.800. The molecule has 1 aromatic carbocycles. The third-order valence-corrected chi connectivity index (χ3v) is 15.4. The van der Waals surface area contributed by atoms with Crippen molar-refractivity contribution in [3.63, 3.8) is 0 Å². The Labute approximate surface area is 257 Å². The van der Waals surface area contributed by atoms with E-state index in [1.807, 2.05) is 5.57 Å². The minimum absolute atomic E-state index is 0.0256. The third kappa shape index (κ3) is 4.01. The molecule has 1 aliphatic heterocycles. The molecule has 1 aromatic rings. The summed E-state index contributed by atoms with van der Waals surface area (Å²) in [6.45, 7) is 23.9. The van der Waals surface area contributed by atoms with E-state index in [1.165, 1.54) is 69.8 Å². The van der Waals surface area contributed by atoms with Crippen LogP contribution in [0.4, 0.5) is 0 Å². The molecular weight excluding hydrogens is 512 g/mol. The van der Waals surface area contributed by atoms with Gasteiger partial charge in [-0.25, -0.2) is 0 Å². The summed E-state index contributed by atoms with van der Waals surface area (Å²) in [4.78, 5) is 0. The molecular formula is C40H60O2.